The van der Waals surface area contributed by atoms with Crippen molar-refractivity contribution >= 4 is 22.6 Å². The Bertz CT molecular complexity index is 1350. The third-order valence-electron chi connectivity index (χ3n) is 8.54. The molecule has 1 N–H and O–H groups in total. The van der Waals surface area contributed by atoms with Crippen LogP contribution < -0.4 is 4.74 Å². The molecule has 198 valence electrons. The third kappa shape index (κ3) is 4.98. The summed E-state index contributed by atoms with van der Waals surface area (Å²) in [4.78, 5) is 29.5. The minimum atomic E-state index is -0.578. The van der Waals surface area contributed by atoms with E-state index in [1.165, 1.54) is 6.92 Å². The molecule has 1 saturated carbocycles. The van der Waals surface area contributed by atoms with E-state index in [4.69, 9.17) is 4.74 Å². The molecule has 3 aromatic rings. The van der Waals surface area contributed by atoms with Crippen LogP contribution in [0.15, 0.2) is 79.4 Å². The number of carbonyl (C=O) groups excluding carboxylic acids is 2. The number of ether oxygens (including phenoxy) is 1. The third-order valence-corrected chi connectivity index (χ3v) is 8.54. The first-order valence-corrected chi connectivity index (χ1v) is 13.4. The molecule has 0 radical (unpaired) electrons. The SMILES string of the molecule is C=CCN1CCC2(c3cccc(OC(C)=O)c3)CC(N(C)C(=O)c3ccc4ccccc4c3)CC(O)C2C1. The molecule has 1 saturated heterocycles. The number of benzene rings is 3. The number of esters is 1. The Balaban J connectivity index is 1.48. The van der Waals surface area contributed by atoms with Crippen LogP contribution >= 0.6 is 0 Å². The van der Waals surface area contributed by atoms with E-state index >= 15 is 0 Å². The maximum atomic E-state index is 13.7. The zero-order valence-electron chi connectivity index (χ0n) is 22.2. The number of hydrogen-bond donors (Lipinski definition) is 1. The van der Waals surface area contributed by atoms with Gasteiger partial charge in [-0.25, -0.2) is 0 Å². The van der Waals surface area contributed by atoms with Crippen LogP contribution in [-0.4, -0.2) is 65.6 Å². The number of likely N-dealkylation sites (tertiary alicyclic amines) is 1. The van der Waals surface area contributed by atoms with Gasteiger partial charge in [0.15, 0.2) is 0 Å². The summed E-state index contributed by atoms with van der Waals surface area (Å²) in [5, 5.41) is 13.7. The Kier molecular flexibility index (Phi) is 7.37. The van der Waals surface area contributed by atoms with Crippen LogP contribution in [0.1, 0.15) is 42.1 Å². The molecular weight excluding hydrogens is 476 g/mol. The van der Waals surface area contributed by atoms with Crippen molar-refractivity contribution in [1.29, 1.82) is 0 Å². The highest BCUT2D eigenvalue weighted by Gasteiger charge is 2.53. The van der Waals surface area contributed by atoms with Gasteiger partial charge in [0, 0.05) is 50.0 Å². The molecule has 3 aromatic carbocycles. The van der Waals surface area contributed by atoms with E-state index in [0.29, 0.717) is 17.7 Å². The number of aliphatic hydroxyl groups excluding tert-OH is 1. The minimum absolute atomic E-state index is 0.0100. The van der Waals surface area contributed by atoms with Gasteiger partial charge in [-0.15, -0.1) is 6.58 Å². The lowest BCUT2D eigenvalue weighted by molar-refractivity contribution is -0.131. The molecule has 1 heterocycles. The van der Waals surface area contributed by atoms with Crippen LogP contribution in [0.3, 0.4) is 0 Å². The van der Waals surface area contributed by atoms with Crippen molar-refractivity contribution in [3.63, 3.8) is 0 Å². The van der Waals surface area contributed by atoms with E-state index in [1.54, 1.807) is 6.07 Å². The molecule has 0 bridgehead atoms. The summed E-state index contributed by atoms with van der Waals surface area (Å²) in [5.41, 5.74) is 1.35. The van der Waals surface area contributed by atoms with Crippen LogP contribution in [0.2, 0.25) is 0 Å². The number of aliphatic hydroxyl groups is 1. The molecule has 4 unspecified atom stereocenters. The van der Waals surface area contributed by atoms with Gasteiger partial charge in [0.25, 0.3) is 5.91 Å². The lowest BCUT2D eigenvalue weighted by Gasteiger charge is -2.56. The molecule has 1 amide bonds. The van der Waals surface area contributed by atoms with Crippen molar-refractivity contribution in [1.82, 2.24) is 9.80 Å². The fourth-order valence-corrected chi connectivity index (χ4v) is 6.62. The summed E-state index contributed by atoms with van der Waals surface area (Å²) in [5.74, 6) is 0.0941. The van der Waals surface area contributed by atoms with E-state index in [9.17, 15) is 14.7 Å². The second kappa shape index (κ2) is 10.7. The van der Waals surface area contributed by atoms with E-state index in [-0.39, 0.29) is 29.3 Å². The predicted molar refractivity (Wildman–Crippen MR) is 149 cm³/mol. The smallest absolute Gasteiger partial charge is 0.308 e. The molecule has 6 nitrogen and oxygen atoms in total. The fraction of sp³-hybridized carbons (Fsp3) is 0.375. The standard InChI is InChI=1S/C32H36N2O4/c1-4-15-34-16-14-32(26-10-7-11-28(18-26)38-22(2)35)20-27(19-30(36)29(32)21-34)33(3)31(37)25-13-12-23-8-5-6-9-24(23)17-25/h4-13,17-18,27,29-30,36H,1,14-16,19-21H2,2-3H3. The summed E-state index contributed by atoms with van der Waals surface area (Å²) >= 11 is 0. The molecule has 2 fully saturated rings. The Morgan fingerprint density at radius 3 is 2.68 bits per heavy atom. The predicted octanol–water partition coefficient (Wildman–Crippen LogP) is 4.81. The van der Waals surface area contributed by atoms with Gasteiger partial charge in [0.05, 0.1) is 6.10 Å². The fourth-order valence-electron chi connectivity index (χ4n) is 6.62. The Hall–Kier alpha value is -3.48. The van der Waals surface area contributed by atoms with Crippen molar-refractivity contribution < 1.29 is 19.4 Å². The number of hydrogen-bond acceptors (Lipinski definition) is 5. The average molecular weight is 513 g/mol. The number of fused-ring (bicyclic) bond motifs is 2. The largest absolute Gasteiger partial charge is 0.427 e. The molecule has 0 aromatic heterocycles. The second-order valence-corrected chi connectivity index (χ2v) is 10.8. The van der Waals surface area contributed by atoms with Gasteiger partial charge in [-0.3, -0.25) is 14.5 Å². The second-order valence-electron chi connectivity index (χ2n) is 10.8. The number of nitrogens with zero attached hydrogens (tertiary/aromatic N) is 2. The summed E-state index contributed by atoms with van der Waals surface area (Å²) in [6.45, 7) is 7.68. The lowest BCUT2D eigenvalue weighted by Crippen LogP contribution is -2.61. The Morgan fingerprint density at radius 2 is 1.92 bits per heavy atom. The van der Waals surface area contributed by atoms with E-state index in [2.05, 4.69) is 17.5 Å². The normalized spacial score (nSPS) is 25.4. The van der Waals surface area contributed by atoms with Gasteiger partial charge in [-0.2, -0.15) is 0 Å². The molecule has 1 aliphatic carbocycles. The number of piperidine rings is 1. The van der Waals surface area contributed by atoms with E-state index in [1.807, 2.05) is 72.6 Å². The first kappa shape index (κ1) is 26.1. The van der Waals surface area contributed by atoms with E-state index in [0.717, 1.165) is 48.8 Å². The minimum Gasteiger partial charge on any atom is -0.427 e. The number of carbonyl (C=O) groups is 2. The van der Waals surface area contributed by atoms with Gasteiger partial charge in [-0.1, -0.05) is 48.5 Å². The first-order chi connectivity index (χ1) is 18.3. The number of amides is 1. The van der Waals surface area contributed by atoms with Crippen molar-refractivity contribution in [2.45, 2.75) is 43.7 Å². The van der Waals surface area contributed by atoms with Crippen LogP contribution in [0, 0.1) is 5.92 Å². The Morgan fingerprint density at radius 1 is 1.13 bits per heavy atom. The summed E-state index contributed by atoms with van der Waals surface area (Å²) < 4.78 is 5.42. The zero-order valence-corrected chi connectivity index (χ0v) is 22.2. The monoisotopic (exact) mass is 512 g/mol. The maximum Gasteiger partial charge on any atom is 0.308 e. The molecule has 38 heavy (non-hydrogen) atoms. The number of rotatable bonds is 6. The molecule has 6 heteroatoms. The van der Waals surface area contributed by atoms with Crippen LogP contribution in [0.4, 0.5) is 0 Å². The first-order valence-electron chi connectivity index (χ1n) is 13.4. The highest BCUT2D eigenvalue weighted by Crippen LogP contribution is 2.50. The highest BCUT2D eigenvalue weighted by atomic mass is 16.5. The molecule has 1 aliphatic heterocycles. The van der Waals surface area contributed by atoms with E-state index < -0.39 is 6.10 Å². The summed E-state index contributed by atoms with van der Waals surface area (Å²) in [6.07, 6.45) is 3.41. The summed E-state index contributed by atoms with van der Waals surface area (Å²) in [7, 11) is 1.85. The highest BCUT2D eigenvalue weighted by molar-refractivity contribution is 5.98. The van der Waals surface area contributed by atoms with Crippen LogP contribution in [0.25, 0.3) is 10.8 Å². The van der Waals surface area contributed by atoms with Crippen LogP contribution in [0.5, 0.6) is 5.75 Å². The summed E-state index contributed by atoms with van der Waals surface area (Å²) in [6, 6.07) is 21.4. The van der Waals surface area contributed by atoms with Gasteiger partial charge in [-0.05, 0) is 66.4 Å². The lowest BCUT2D eigenvalue weighted by atomic mass is 9.56. The van der Waals surface area contributed by atoms with Crippen molar-refractivity contribution in [3.8, 4) is 5.75 Å². The molecule has 0 spiro atoms. The topological polar surface area (TPSA) is 70.1 Å². The molecule has 4 atom stereocenters. The molecule has 2 aliphatic rings. The van der Waals surface area contributed by atoms with Crippen molar-refractivity contribution in [2.75, 3.05) is 26.7 Å². The van der Waals surface area contributed by atoms with Gasteiger partial charge in [0.2, 0.25) is 0 Å². The molecular formula is C32H36N2O4. The van der Waals surface area contributed by atoms with Crippen molar-refractivity contribution in [3.05, 3.63) is 90.5 Å². The van der Waals surface area contributed by atoms with Crippen LogP contribution in [-0.2, 0) is 10.2 Å². The zero-order chi connectivity index (χ0) is 26.9. The van der Waals surface area contributed by atoms with Gasteiger partial charge < -0.3 is 14.7 Å². The Labute approximate surface area is 224 Å². The average Bonchev–Trinajstić information content (AvgIpc) is 2.92. The van der Waals surface area contributed by atoms with Gasteiger partial charge >= 0.3 is 5.97 Å². The van der Waals surface area contributed by atoms with Crippen molar-refractivity contribution in [2.24, 2.45) is 5.92 Å². The molecule has 5 rings (SSSR count). The quantitative estimate of drug-likeness (QED) is 0.292. The van der Waals surface area contributed by atoms with Gasteiger partial charge in [0.1, 0.15) is 5.75 Å². The maximum absolute atomic E-state index is 13.7.